The van der Waals surface area contributed by atoms with Crippen molar-refractivity contribution in [1.29, 1.82) is 0 Å². The molecule has 1 fully saturated rings. The molecule has 2 aromatic rings. The van der Waals surface area contributed by atoms with Crippen LogP contribution < -0.4 is 11.3 Å². The van der Waals surface area contributed by atoms with E-state index >= 15 is 0 Å². The van der Waals surface area contributed by atoms with E-state index in [0.717, 1.165) is 0 Å². The van der Waals surface area contributed by atoms with E-state index in [-0.39, 0.29) is 17.9 Å². The lowest BCUT2D eigenvalue weighted by Gasteiger charge is -2.17. The van der Waals surface area contributed by atoms with E-state index in [1.807, 2.05) is 0 Å². The maximum absolute atomic E-state index is 11.8. The van der Waals surface area contributed by atoms with Gasteiger partial charge in [-0.2, -0.15) is 4.98 Å². The number of hydrogen-bond donors (Lipinski definition) is 4. The molecule has 1 aliphatic rings. The number of hydrogen-bond acceptors (Lipinski definition) is 8. The molecule has 1 saturated heterocycles. The minimum atomic E-state index is -4.67. The van der Waals surface area contributed by atoms with Crippen LogP contribution in [0.2, 0.25) is 0 Å². The third-order valence-electron chi connectivity index (χ3n) is 3.77. The molecule has 3 heterocycles. The molecule has 2 aromatic heterocycles. The van der Waals surface area contributed by atoms with Crippen LogP contribution in [0.5, 0.6) is 0 Å². The maximum Gasteiger partial charge on any atom is 0.469 e. The number of aromatic nitrogens is 4. The number of phosphoric ester groups is 1. The Morgan fingerprint density at radius 3 is 2.92 bits per heavy atom. The number of nitrogen functional groups attached to an aromatic ring is 1. The molecule has 0 spiro atoms. The number of ether oxygens (including phenoxy) is 1. The number of imidazole rings is 1. The molecule has 0 saturated carbocycles. The van der Waals surface area contributed by atoms with Gasteiger partial charge in [0.05, 0.1) is 19.0 Å². The van der Waals surface area contributed by atoms with Gasteiger partial charge in [0, 0.05) is 13.5 Å². The quantitative estimate of drug-likeness (QED) is 0.467. The van der Waals surface area contributed by atoms with Gasteiger partial charge in [-0.15, -0.1) is 0 Å². The van der Waals surface area contributed by atoms with Gasteiger partial charge in [0.25, 0.3) is 0 Å². The van der Waals surface area contributed by atoms with Crippen molar-refractivity contribution in [2.24, 2.45) is 7.05 Å². The van der Waals surface area contributed by atoms with E-state index in [0.29, 0.717) is 5.65 Å². The van der Waals surface area contributed by atoms with Crippen LogP contribution in [0, 0.1) is 0 Å². The number of phosphoric acid groups is 1. The van der Waals surface area contributed by atoms with Crippen molar-refractivity contribution in [1.82, 2.24) is 19.1 Å². The Kier molecular flexibility index (Phi) is 4.20. The Morgan fingerprint density at radius 1 is 1.54 bits per heavy atom. The highest BCUT2D eigenvalue weighted by atomic mass is 31.2. The maximum atomic E-state index is 11.8. The Bertz CT molecular complexity index is 874. The second kappa shape index (κ2) is 5.92. The Labute approximate surface area is 134 Å². The van der Waals surface area contributed by atoms with Crippen molar-refractivity contribution in [3.8, 4) is 0 Å². The molecule has 3 rings (SSSR count). The standard InChI is InChI=1S/C11H16N5O7P/c1-15-10-8(9(18)14-11(15)12)13-4-16(10)7-2-5(17)6(23-7)3-22-24(19,20)21/h4-7,17H,2-3H2,1H3,(H2,12,14,18)(H2,19,20,21)/t5-,6+,7+/m0/s1. The molecule has 0 unspecified atom stereocenters. The number of aryl methyl sites for hydroxylation is 1. The predicted molar refractivity (Wildman–Crippen MR) is 79.7 cm³/mol. The molecule has 12 nitrogen and oxygen atoms in total. The number of aliphatic hydroxyl groups is 1. The first-order valence-electron chi connectivity index (χ1n) is 6.90. The minimum Gasteiger partial charge on any atom is -0.390 e. The summed E-state index contributed by atoms with van der Waals surface area (Å²) in [5.41, 5.74) is 5.55. The smallest absolute Gasteiger partial charge is 0.390 e. The average Bonchev–Trinajstić information content (AvgIpc) is 3.06. The zero-order valence-electron chi connectivity index (χ0n) is 12.5. The molecule has 0 bridgehead atoms. The van der Waals surface area contributed by atoms with Crippen LogP contribution in [0.4, 0.5) is 5.95 Å². The Morgan fingerprint density at radius 2 is 2.25 bits per heavy atom. The summed E-state index contributed by atoms with van der Waals surface area (Å²) in [5, 5.41) is 10.0. The molecule has 5 N–H and O–H groups in total. The summed E-state index contributed by atoms with van der Waals surface area (Å²) in [6.45, 7) is -0.475. The first-order valence-corrected chi connectivity index (χ1v) is 8.43. The lowest BCUT2D eigenvalue weighted by atomic mass is 10.2. The summed E-state index contributed by atoms with van der Waals surface area (Å²) >= 11 is 0. The third-order valence-corrected chi connectivity index (χ3v) is 4.25. The molecular formula is C11H16N5O7P. The molecule has 132 valence electrons. The van der Waals surface area contributed by atoms with E-state index in [9.17, 15) is 14.5 Å². The second-order valence-corrected chi connectivity index (χ2v) is 6.62. The monoisotopic (exact) mass is 361 g/mol. The molecule has 0 radical (unpaired) electrons. The minimum absolute atomic E-state index is 0.00539. The predicted octanol–water partition coefficient (Wildman–Crippen LogP) is -1.53. The molecule has 24 heavy (non-hydrogen) atoms. The summed E-state index contributed by atoms with van der Waals surface area (Å²) in [5.74, 6) is -0.00539. The van der Waals surface area contributed by atoms with E-state index < -0.39 is 38.4 Å². The van der Waals surface area contributed by atoms with Crippen LogP contribution >= 0.6 is 7.82 Å². The highest BCUT2D eigenvalue weighted by molar-refractivity contribution is 7.46. The normalized spacial score (nSPS) is 24.8. The van der Waals surface area contributed by atoms with Gasteiger partial charge < -0.3 is 25.4 Å². The van der Waals surface area contributed by atoms with Gasteiger partial charge in [0.2, 0.25) is 5.95 Å². The SMILES string of the molecule is Cn1c(N)nc(=O)c2ncn([C@H]3C[C@H](O)[C@@H](COP(=O)(O)O)O3)c21. The van der Waals surface area contributed by atoms with Gasteiger partial charge in [-0.05, 0) is 0 Å². The van der Waals surface area contributed by atoms with Crippen LogP contribution in [0.25, 0.3) is 11.2 Å². The van der Waals surface area contributed by atoms with Gasteiger partial charge in [0.15, 0.2) is 11.2 Å². The second-order valence-electron chi connectivity index (χ2n) is 5.38. The highest BCUT2D eigenvalue weighted by Gasteiger charge is 2.37. The molecule has 1 aliphatic heterocycles. The van der Waals surface area contributed by atoms with Crippen LogP contribution in [-0.4, -0.2) is 52.8 Å². The van der Waals surface area contributed by atoms with Crippen molar-refractivity contribution < 1.29 is 28.7 Å². The molecule has 0 aliphatic carbocycles. The van der Waals surface area contributed by atoms with Crippen LogP contribution in [-0.2, 0) is 20.9 Å². The Hall–Kier alpha value is -1.82. The summed E-state index contributed by atoms with van der Waals surface area (Å²) in [7, 11) is -3.07. The van der Waals surface area contributed by atoms with Crippen LogP contribution in [0.3, 0.4) is 0 Å². The van der Waals surface area contributed by atoms with Gasteiger partial charge in [-0.25, -0.2) is 9.55 Å². The van der Waals surface area contributed by atoms with E-state index in [4.69, 9.17) is 20.3 Å². The highest BCUT2D eigenvalue weighted by Crippen LogP contribution is 2.38. The number of nitrogens with two attached hydrogens (primary N) is 1. The van der Waals surface area contributed by atoms with Gasteiger partial charge in [0.1, 0.15) is 12.3 Å². The first-order chi connectivity index (χ1) is 11.2. The summed E-state index contributed by atoms with van der Waals surface area (Å²) in [4.78, 5) is 36.9. The molecule has 3 atom stereocenters. The van der Waals surface area contributed by atoms with Crippen LogP contribution in [0.1, 0.15) is 12.6 Å². The van der Waals surface area contributed by atoms with Crippen LogP contribution in [0.15, 0.2) is 11.1 Å². The molecular weight excluding hydrogens is 345 g/mol. The lowest BCUT2D eigenvalue weighted by molar-refractivity contribution is -0.0425. The topological polar surface area (TPSA) is 175 Å². The zero-order valence-corrected chi connectivity index (χ0v) is 13.4. The van der Waals surface area contributed by atoms with Crippen molar-refractivity contribution in [2.75, 3.05) is 12.3 Å². The number of fused-ring (bicyclic) bond motifs is 1. The number of rotatable bonds is 4. The van der Waals surface area contributed by atoms with Gasteiger partial charge in [-0.3, -0.25) is 18.5 Å². The summed E-state index contributed by atoms with van der Waals surface area (Å²) in [6.07, 6.45) is -1.16. The van der Waals surface area contributed by atoms with Crippen molar-refractivity contribution in [3.05, 3.63) is 16.7 Å². The largest absolute Gasteiger partial charge is 0.469 e. The summed E-state index contributed by atoms with van der Waals surface area (Å²) < 4.78 is 23.7. The number of anilines is 1. The van der Waals surface area contributed by atoms with E-state index in [1.54, 1.807) is 7.05 Å². The lowest BCUT2D eigenvalue weighted by Crippen LogP contribution is -2.26. The van der Waals surface area contributed by atoms with Crippen molar-refractivity contribution >= 4 is 24.9 Å². The molecule has 0 aromatic carbocycles. The average molecular weight is 361 g/mol. The fourth-order valence-corrected chi connectivity index (χ4v) is 2.94. The Balaban J connectivity index is 1.90. The van der Waals surface area contributed by atoms with Crippen molar-refractivity contribution in [3.63, 3.8) is 0 Å². The van der Waals surface area contributed by atoms with Crippen molar-refractivity contribution in [2.45, 2.75) is 24.9 Å². The fraction of sp³-hybridized carbons (Fsp3) is 0.545. The fourth-order valence-electron chi connectivity index (χ4n) is 2.60. The first kappa shape index (κ1) is 17.0. The summed E-state index contributed by atoms with van der Waals surface area (Å²) in [6, 6.07) is 0. The number of aliphatic hydroxyl groups excluding tert-OH is 1. The number of nitrogens with zero attached hydrogens (tertiary/aromatic N) is 4. The van der Waals surface area contributed by atoms with Gasteiger partial charge >= 0.3 is 13.4 Å². The van der Waals surface area contributed by atoms with E-state index in [1.165, 1.54) is 15.5 Å². The zero-order chi connectivity index (χ0) is 17.6. The third kappa shape index (κ3) is 3.07. The molecule has 13 heteroatoms. The van der Waals surface area contributed by atoms with Gasteiger partial charge in [-0.1, -0.05) is 0 Å². The molecule has 0 amide bonds. The van der Waals surface area contributed by atoms with E-state index in [2.05, 4.69) is 14.5 Å².